The van der Waals surface area contributed by atoms with Gasteiger partial charge >= 0.3 is 18.0 Å². The average molecular weight is 332 g/mol. The molecule has 1 N–H and O–H groups in total. The molecule has 8 nitrogen and oxygen atoms in total. The molecule has 24 heavy (non-hydrogen) atoms. The first-order chi connectivity index (χ1) is 11.5. The Labute approximate surface area is 137 Å². The van der Waals surface area contributed by atoms with Crippen molar-refractivity contribution in [2.75, 3.05) is 6.54 Å². The molecule has 2 aliphatic heterocycles. The maximum absolute atomic E-state index is 12.4. The van der Waals surface area contributed by atoms with Gasteiger partial charge in [-0.3, -0.25) is 9.69 Å². The number of amides is 3. The highest BCUT2D eigenvalue weighted by atomic mass is 16.6. The number of benzene rings is 1. The van der Waals surface area contributed by atoms with Crippen LogP contribution in [0.3, 0.4) is 0 Å². The molecular weight excluding hydrogens is 316 g/mol. The van der Waals surface area contributed by atoms with Crippen molar-refractivity contribution in [2.24, 2.45) is 0 Å². The number of hydrogen-bond acceptors (Lipinski definition) is 6. The van der Waals surface area contributed by atoms with Gasteiger partial charge in [-0.2, -0.15) is 0 Å². The summed E-state index contributed by atoms with van der Waals surface area (Å²) in [5.41, 5.74) is 0.671. The van der Waals surface area contributed by atoms with Gasteiger partial charge in [0, 0.05) is 6.42 Å². The number of nitrogens with one attached hydrogen (secondary N) is 1. The predicted octanol–water partition coefficient (Wildman–Crippen LogP) is 0.599. The number of imide groups is 1. The molecule has 3 amide bonds. The maximum atomic E-state index is 12.4. The first-order valence-corrected chi connectivity index (χ1v) is 7.53. The fourth-order valence-corrected chi connectivity index (χ4v) is 2.65. The van der Waals surface area contributed by atoms with E-state index in [-0.39, 0.29) is 30.7 Å². The van der Waals surface area contributed by atoms with Gasteiger partial charge in [0.25, 0.3) is 0 Å². The third-order valence-corrected chi connectivity index (χ3v) is 3.88. The zero-order valence-electron chi connectivity index (χ0n) is 13.0. The van der Waals surface area contributed by atoms with E-state index < -0.39 is 24.1 Å². The number of esters is 2. The van der Waals surface area contributed by atoms with Gasteiger partial charge in [0.15, 0.2) is 0 Å². The highest BCUT2D eigenvalue weighted by Crippen LogP contribution is 2.21. The molecule has 1 aromatic rings. The summed E-state index contributed by atoms with van der Waals surface area (Å²) in [7, 11) is 0. The molecule has 2 saturated heterocycles. The zero-order chi connectivity index (χ0) is 17.3. The summed E-state index contributed by atoms with van der Waals surface area (Å²) in [5, 5.41) is 2.42. The smallest absolute Gasteiger partial charge is 0.347 e. The van der Waals surface area contributed by atoms with E-state index in [2.05, 4.69) is 5.32 Å². The molecule has 3 rings (SSSR count). The van der Waals surface area contributed by atoms with E-state index in [9.17, 15) is 19.2 Å². The average Bonchev–Trinajstić information content (AvgIpc) is 3.03. The lowest BCUT2D eigenvalue weighted by molar-refractivity contribution is -0.147. The van der Waals surface area contributed by atoms with Crippen LogP contribution in [0.2, 0.25) is 0 Å². The second kappa shape index (κ2) is 6.31. The monoisotopic (exact) mass is 332 g/mol. The summed E-state index contributed by atoms with van der Waals surface area (Å²) in [6.07, 6.45) is -0.923. The van der Waals surface area contributed by atoms with Crippen molar-refractivity contribution < 1.29 is 28.7 Å². The van der Waals surface area contributed by atoms with Gasteiger partial charge in [-0.25, -0.2) is 14.4 Å². The zero-order valence-corrected chi connectivity index (χ0v) is 13.0. The highest BCUT2D eigenvalue weighted by molar-refractivity contribution is 6.02. The molecule has 2 fully saturated rings. The van der Waals surface area contributed by atoms with Gasteiger partial charge in [-0.15, -0.1) is 0 Å². The number of rotatable bonds is 4. The Balaban J connectivity index is 1.76. The minimum absolute atomic E-state index is 0.0402. The Morgan fingerprint density at radius 3 is 2.71 bits per heavy atom. The van der Waals surface area contributed by atoms with Crippen molar-refractivity contribution in [3.63, 3.8) is 0 Å². The number of carbonyl (C=O) groups is 4. The Hall–Kier alpha value is -2.90. The summed E-state index contributed by atoms with van der Waals surface area (Å²) in [6.45, 7) is 1.62. The van der Waals surface area contributed by atoms with Gasteiger partial charge < -0.3 is 14.8 Å². The van der Waals surface area contributed by atoms with Crippen molar-refractivity contribution in [3.8, 4) is 0 Å². The van der Waals surface area contributed by atoms with Crippen LogP contribution in [0, 0.1) is 0 Å². The van der Waals surface area contributed by atoms with Gasteiger partial charge in [-0.05, 0) is 18.6 Å². The Morgan fingerprint density at radius 1 is 1.33 bits per heavy atom. The molecule has 2 heterocycles. The van der Waals surface area contributed by atoms with E-state index in [1.165, 1.54) is 6.07 Å². The van der Waals surface area contributed by atoms with Crippen molar-refractivity contribution in [2.45, 2.75) is 32.1 Å². The number of carbonyl (C=O) groups excluding carboxylic acids is 4. The van der Waals surface area contributed by atoms with Crippen LogP contribution >= 0.6 is 0 Å². The largest absolute Gasteiger partial charge is 0.460 e. The van der Waals surface area contributed by atoms with Crippen LogP contribution in [0.5, 0.6) is 0 Å². The summed E-state index contributed by atoms with van der Waals surface area (Å²) < 4.78 is 10.2. The van der Waals surface area contributed by atoms with E-state index in [4.69, 9.17) is 9.47 Å². The number of ether oxygens (including phenoxy) is 2. The predicted molar refractivity (Wildman–Crippen MR) is 79.8 cm³/mol. The summed E-state index contributed by atoms with van der Waals surface area (Å²) in [4.78, 5) is 48.3. The standard InChI is InChI=1S/C16H16N2O6/c1-9-6-12(15(21)23-9)24-14(20)11-5-3-2-4-10(11)8-18-13(19)7-17-16(18)22/h2-5,9,12H,6-8H2,1H3,(H,17,22)/t9-,12-/m1/s1. The summed E-state index contributed by atoms with van der Waals surface area (Å²) in [6, 6.07) is 5.99. The highest BCUT2D eigenvalue weighted by Gasteiger charge is 2.36. The van der Waals surface area contributed by atoms with Crippen LogP contribution < -0.4 is 5.32 Å². The van der Waals surface area contributed by atoms with Gasteiger partial charge in [0.1, 0.15) is 6.10 Å². The Bertz CT molecular complexity index is 700. The summed E-state index contributed by atoms with van der Waals surface area (Å²) in [5.74, 6) is -1.62. The lowest BCUT2D eigenvalue weighted by Gasteiger charge is -2.16. The molecule has 0 radical (unpaired) electrons. The van der Waals surface area contributed by atoms with Crippen LogP contribution in [-0.4, -0.2) is 47.5 Å². The molecule has 0 bridgehead atoms. The van der Waals surface area contributed by atoms with Crippen molar-refractivity contribution in [1.29, 1.82) is 0 Å². The van der Waals surface area contributed by atoms with Crippen LogP contribution in [0.4, 0.5) is 4.79 Å². The van der Waals surface area contributed by atoms with Crippen molar-refractivity contribution >= 4 is 23.9 Å². The molecule has 0 spiro atoms. The fraction of sp³-hybridized carbons (Fsp3) is 0.375. The van der Waals surface area contributed by atoms with E-state index in [0.29, 0.717) is 12.0 Å². The molecular formula is C16H16N2O6. The molecule has 126 valence electrons. The van der Waals surface area contributed by atoms with Crippen LogP contribution in [0.25, 0.3) is 0 Å². The molecule has 0 saturated carbocycles. The molecule has 0 aromatic heterocycles. The fourth-order valence-electron chi connectivity index (χ4n) is 2.65. The minimum Gasteiger partial charge on any atom is -0.460 e. The van der Waals surface area contributed by atoms with E-state index >= 15 is 0 Å². The first kappa shape index (κ1) is 16.0. The van der Waals surface area contributed by atoms with Crippen LogP contribution in [-0.2, 0) is 25.6 Å². The Kier molecular flexibility index (Phi) is 4.20. The molecule has 1 aromatic carbocycles. The molecule has 0 unspecified atom stereocenters. The molecule has 8 heteroatoms. The summed E-state index contributed by atoms with van der Waals surface area (Å²) >= 11 is 0. The van der Waals surface area contributed by atoms with Crippen molar-refractivity contribution in [3.05, 3.63) is 35.4 Å². The minimum atomic E-state index is -0.933. The van der Waals surface area contributed by atoms with E-state index in [1.54, 1.807) is 25.1 Å². The SMILES string of the molecule is C[C@@H]1C[C@@H](OC(=O)c2ccccc2CN2C(=O)CNC2=O)C(=O)O1. The lowest BCUT2D eigenvalue weighted by atomic mass is 10.1. The maximum Gasteiger partial charge on any atom is 0.347 e. The molecule has 0 aliphatic carbocycles. The van der Waals surface area contributed by atoms with Crippen molar-refractivity contribution in [1.82, 2.24) is 10.2 Å². The van der Waals surface area contributed by atoms with Crippen LogP contribution in [0.15, 0.2) is 24.3 Å². The number of hydrogen-bond donors (Lipinski definition) is 1. The van der Waals surface area contributed by atoms with Gasteiger partial charge in [0.2, 0.25) is 12.0 Å². The normalized spacial score (nSPS) is 23.2. The molecule has 2 aliphatic rings. The quantitative estimate of drug-likeness (QED) is 0.640. The third kappa shape index (κ3) is 3.08. The van der Waals surface area contributed by atoms with Gasteiger partial charge in [0.05, 0.1) is 18.7 Å². The second-order valence-electron chi connectivity index (χ2n) is 5.67. The van der Waals surface area contributed by atoms with Gasteiger partial charge in [-0.1, -0.05) is 18.2 Å². The number of cyclic esters (lactones) is 1. The topological polar surface area (TPSA) is 102 Å². The van der Waals surface area contributed by atoms with E-state index in [0.717, 1.165) is 4.90 Å². The molecule has 2 atom stereocenters. The third-order valence-electron chi connectivity index (χ3n) is 3.88. The van der Waals surface area contributed by atoms with Crippen LogP contribution in [0.1, 0.15) is 29.3 Å². The first-order valence-electron chi connectivity index (χ1n) is 7.53. The number of nitrogens with zero attached hydrogens (tertiary/aromatic N) is 1. The number of urea groups is 1. The second-order valence-corrected chi connectivity index (χ2v) is 5.67. The van der Waals surface area contributed by atoms with E-state index in [1.807, 2.05) is 0 Å². The lowest BCUT2D eigenvalue weighted by Crippen LogP contribution is -2.31. The Morgan fingerprint density at radius 2 is 2.08 bits per heavy atom.